The average molecular weight is 377 g/mol. The van der Waals surface area contributed by atoms with Gasteiger partial charge in [-0.25, -0.2) is 8.42 Å². The Kier molecular flexibility index (Phi) is 6.26. The first-order valence-corrected chi connectivity index (χ1v) is 9.90. The number of rotatable bonds is 8. The molecule has 2 rings (SSSR count). The van der Waals surface area contributed by atoms with Gasteiger partial charge in [-0.15, -0.1) is 0 Å². The molecule has 0 heterocycles. The van der Waals surface area contributed by atoms with Crippen molar-refractivity contribution in [2.24, 2.45) is 0 Å². The van der Waals surface area contributed by atoms with E-state index in [1.807, 2.05) is 12.1 Å². The van der Waals surface area contributed by atoms with Crippen LogP contribution in [0.2, 0.25) is 0 Å². The maximum atomic E-state index is 12.3. The SMILES string of the molecule is COc1ccc(CCN(c2cccc(C(C)=O)c2)S(C)(=O)=O)cc1OC. The highest BCUT2D eigenvalue weighted by Crippen LogP contribution is 2.28. The Morgan fingerprint density at radius 2 is 1.73 bits per heavy atom. The molecule has 140 valence electrons. The van der Waals surface area contributed by atoms with Crippen molar-refractivity contribution in [3.63, 3.8) is 0 Å². The van der Waals surface area contributed by atoms with Gasteiger partial charge in [-0.3, -0.25) is 9.10 Å². The first-order chi connectivity index (χ1) is 12.3. The average Bonchev–Trinajstić information content (AvgIpc) is 2.60. The lowest BCUT2D eigenvalue weighted by Gasteiger charge is -2.23. The molecule has 0 bridgehead atoms. The zero-order valence-electron chi connectivity index (χ0n) is 15.4. The number of ketones is 1. The summed E-state index contributed by atoms with van der Waals surface area (Å²) in [5.41, 5.74) is 1.86. The van der Waals surface area contributed by atoms with Crippen molar-refractivity contribution in [1.82, 2.24) is 0 Å². The topological polar surface area (TPSA) is 72.9 Å². The molecule has 0 spiro atoms. The molecule has 0 aliphatic rings. The van der Waals surface area contributed by atoms with Gasteiger partial charge < -0.3 is 9.47 Å². The van der Waals surface area contributed by atoms with Crippen LogP contribution in [0.3, 0.4) is 0 Å². The third kappa shape index (κ3) is 4.76. The zero-order valence-corrected chi connectivity index (χ0v) is 16.2. The Labute approximate surface area is 154 Å². The van der Waals surface area contributed by atoms with Gasteiger partial charge in [0.15, 0.2) is 17.3 Å². The molecule has 0 saturated heterocycles. The minimum absolute atomic E-state index is 0.111. The first kappa shape index (κ1) is 19.8. The van der Waals surface area contributed by atoms with E-state index in [2.05, 4.69) is 0 Å². The number of benzene rings is 2. The van der Waals surface area contributed by atoms with Crippen molar-refractivity contribution in [2.45, 2.75) is 13.3 Å². The molecule has 0 fully saturated rings. The van der Waals surface area contributed by atoms with Gasteiger partial charge in [-0.1, -0.05) is 18.2 Å². The number of sulfonamides is 1. The predicted octanol–water partition coefficient (Wildman–Crippen LogP) is 2.92. The summed E-state index contributed by atoms with van der Waals surface area (Å²) in [5, 5.41) is 0. The Bertz CT molecular complexity index is 893. The van der Waals surface area contributed by atoms with Crippen LogP contribution in [0.4, 0.5) is 5.69 Å². The van der Waals surface area contributed by atoms with Crippen LogP contribution in [0.15, 0.2) is 42.5 Å². The highest BCUT2D eigenvalue weighted by atomic mass is 32.2. The van der Waals surface area contributed by atoms with Crippen LogP contribution in [0.25, 0.3) is 0 Å². The molecule has 0 amide bonds. The van der Waals surface area contributed by atoms with Crippen molar-refractivity contribution < 1.29 is 22.7 Å². The maximum absolute atomic E-state index is 12.3. The quantitative estimate of drug-likeness (QED) is 0.662. The van der Waals surface area contributed by atoms with Crippen LogP contribution in [0.5, 0.6) is 11.5 Å². The normalized spacial score (nSPS) is 11.1. The van der Waals surface area contributed by atoms with E-state index in [9.17, 15) is 13.2 Å². The second-order valence-electron chi connectivity index (χ2n) is 5.88. The second-order valence-corrected chi connectivity index (χ2v) is 7.79. The van der Waals surface area contributed by atoms with Crippen LogP contribution < -0.4 is 13.8 Å². The van der Waals surface area contributed by atoms with Crippen molar-refractivity contribution in [2.75, 3.05) is 31.3 Å². The highest BCUT2D eigenvalue weighted by Gasteiger charge is 2.18. The third-order valence-electron chi connectivity index (χ3n) is 3.99. The maximum Gasteiger partial charge on any atom is 0.232 e. The summed E-state index contributed by atoms with van der Waals surface area (Å²) in [6.07, 6.45) is 1.64. The van der Waals surface area contributed by atoms with Crippen molar-refractivity contribution in [3.05, 3.63) is 53.6 Å². The first-order valence-electron chi connectivity index (χ1n) is 8.06. The Hall–Kier alpha value is -2.54. The van der Waals surface area contributed by atoms with Gasteiger partial charge in [0.25, 0.3) is 0 Å². The predicted molar refractivity (Wildman–Crippen MR) is 102 cm³/mol. The van der Waals surface area contributed by atoms with Gasteiger partial charge in [0.2, 0.25) is 10.0 Å². The molecule has 0 saturated carbocycles. The molecule has 0 aliphatic heterocycles. The largest absolute Gasteiger partial charge is 0.493 e. The van der Waals surface area contributed by atoms with Gasteiger partial charge >= 0.3 is 0 Å². The minimum atomic E-state index is -3.49. The summed E-state index contributed by atoms with van der Waals surface area (Å²) in [4.78, 5) is 11.6. The van der Waals surface area contributed by atoms with Crippen LogP contribution in [-0.4, -0.2) is 41.2 Å². The van der Waals surface area contributed by atoms with E-state index >= 15 is 0 Å². The molecule has 2 aromatic carbocycles. The smallest absolute Gasteiger partial charge is 0.232 e. The Balaban J connectivity index is 2.28. The standard InChI is InChI=1S/C19H23NO5S/c1-14(21)16-6-5-7-17(13-16)20(26(4,22)23)11-10-15-8-9-18(24-2)19(12-15)25-3/h5-9,12-13H,10-11H2,1-4H3. The number of ether oxygens (including phenoxy) is 2. The molecule has 0 unspecified atom stereocenters. The van der Waals surface area contributed by atoms with Crippen LogP contribution in [-0.2, 0) is 16.4 Å². The molecule has 0 aliphatic carbocycles. The summed E-state index contributed by atoms with van der Waals surface area (Å²) in [6.45, 7) is 1.70. The van der Waals surface area contributed by atoms with Crippen LogP contribution >= 0.6 is 0 Å². The Morgan fingerprint density at radius 3 is 2.31 bits per heavy atom. The van der Waals surface area contributed by atoms with E-state index in [1.165, 1.54) is 11.2 Å². The van der Waals surface area contributed by atoms with Gasteiger partial charge in [-0.2, -0.15) is 0 Å². The molecule has 0 atom stereocenters. The van der Waals surface area contributed by atoms with E-state index < -0.39 is 10.0 Å². The van der Waals surface area contributed by atoms with E-state index in [4.69, 9.17) is 9.47 Å². The molecule has 26 heavy (non-hydrogen) atoms. The number of anilines is 1. The molecule has 2 aromatic rings. The number of methoxy groups -OCH3 is 2. The van der Waals surface area contributed by atoms with Crippen molar-refractivity contribution >= 4 is 21.5 Å². The summed E-state index contributed by atoms with van der Waals surface area (Å²) in [6, 6.07) is 12.1. The number of Topliss-reactive ketones (excluding diaryl/α,β-unsaturated/α-hetero) is 1. The summed E-state index contributed by atoms with van der Waals surface area (Å²) < 4.78 is 36.3. The lowest BCUT2D eigenvalue weighted by molar-refractivity contribution is 0.101. The van der Waals surface area contributed by atoms with Crippen molar-refractivity contribution in [1.29, 1.82) is 0 Å². The van der Waals surface area contributed by atoms with Gasteiger partial charge in [0.05, 0.1) is 26.2 Å². The molecule has 0 aromatic heterocycles. The summed E-state index contributed by atoms with van der Waals surface area (Å²) in [5.74, 6) is 1.10. The number of nitrogens with zero attached hydrogens (tertiary/aromatic N) is 1. The van der Waals surface area contributed by atoms with Gasteiger partial charge in [-0.05, 0) is 43.2 Å². The molecule has 6 nitrogen and oxygen atoms in total. The Morgan fingerprint density at radius 1 is 1.04 bits per heavy atom. The van der Waals surface area contributed by atoms with E-state index in [1.54, 1.807) is 44.6 Å². The van der Waals surface area contributed by atoms with E-state index in [0.717, 1.165) is 11.8 Å². The fourth-order valence-corrected chi connectivity index (χ4v) is 3.55. The lowest BCUT2D eigenvalue weighted by atomic mass is 10.1. The molecule has 7 heteroatoms. The number of carbonyl (C=O) groups is 1. The lowest BCUT2D eigenvalue weighted by Crippen LogP contribution is -2.32. The highest BCUT2D eigenvalue weighted by molar-refractivity contribution is 7.92. The second kappa shape index (κ2) is 8.23. The van der Waals surface area contributed by atoms with Gasteiger partial charge in [0.1, 0.15) is 0 Å². The number of hydrogen-bond acceptors (Lipinski definition) is 5. The monoisotopic (exact) mass is 377 g/mol. The third-order valence-corrected chi connectivity index (χ3v) is 5.19. The number of carbonyl (C=O) groups excluding carboxylic acids is 1. The number of hydrogen-bond donors (Lipinski definition) is 0. The summed E-state index contributed by atoms with van der Waals surface area (Å²) in [7, 11) is -0.379. The summed E-state index contributed by atoms with van der Waals surface area (Å²) >= 11 is 0. The molecule has 0 radical (unpaired) electrons. The minimum Gasteiger partial charge on any atom is -0.493 e. The van der Waals surface area contributed by atoms with Crippen molar-refractivity contribution in [3.8, 4) is 11.5 Å². The molecular weight excluding hydrogens is 354 g/mol. The molecule has 0 N–H and O–H groups in total. The van der Waals surface area contributed by atoms with Crippen LogP contribution in [0.1, 0.15) is 22.8 Å². The zero-order chi connectivity index (χ0) is 19.3. The van der Waals surface area contributed by atoms with E-state index in [0.29, 0.717) is 29.2 Å². The fourth-order valence-electron chi connectivity index (χ4n) is 2.63. The fraction of sp³-hybridized carbons (Fsp3) is 0.316. The van der Waals surface area contributed by atoms with E-state index in [-0.39, 0.29) is 12.3 Å². The molecular formula is C19H23NO5S. The van der Waals surface area contributed by atoms with Crippen LogP contribution in [0, 0.1) is 0 Å². The van der Waals surface area contributed by atoms with Gasteiger partial charge in [0, 0.05) is 12.1 Å².